The van der Waals surface area contributed by atoms with Gasteiger partial charge in [-0.25, -0.2) is 0 Å². The van der Waals surface area contributed by atoms with Crippen LogP contribution in [0.1, 0.15) is 112 Å². The van der Waals surface area contributed by atoms with E-state index in [9.17, 15) is 0 Å². The highest BCUT2D eigenvalue weighted by Crippen LogP contribution is 2.65. The number of thioether (sulfide) groups is 2. The molecule has 0 bridgehead atoms. The molecule has 3 aliphatic carbocycles. The third-order valence-corrected chi connectivity index (χ3v) is 18.9. The van der Waals surface area contributed by atoms with Gasteiger partial charge in [-0.3, -0.25) is 0 Å². The summed E-state index contributed by atoms with van der Waals surface area (Å²) in [5.41, 5.74) is 16.5. The van der Waals surface area contributed by atoms with Crippen LogP contribution in [0.15, 0.2) is 143 Å². The lowest BCUT2D eigenvalue weighted by molar-refractivity contribution is 0.260. The Morgan fingerprint density at radius 1 is 0.382 bits per heavy atom. The van der Waals surface area contributed by atoms with Crippen LogP contribution in [0, 0.1) is 0 Å². The number of fused-ring (bicyclic) bond motifs is 9. The zero-order valence-electron chi connectivity index (χ0n) is 32.7. The minimum absolute atomic E-state index is 0.214. The van der Waals surface area contributed by atoms with E-state index in [-0.39, 0.29) is 20.3 Å². The van der Waals surface area contributed by atoms with Crippen molar-refractivity contribution in [1.29, 1.82) is 0 Å². The molecule has 0 aromatic heterocycles. The molecule has 0 radical (unpaired) electrons. The summed E-state index contributed by atoms with van der Waals surface area (Å²) in [6, 6.07) is 52.3. The van der Waals surface area contributed by atoms with Gasteiger partial charge in [0.15, 0.2) is 0 Å². The van der Waals surface area contributed by atoms with E-state index in [1.54, 1.807) is 11.1 Å². The molecule has 0 saturated heterocycles. The lowest BCUT2D eigenvalue weighted by Crippen LogP contribution is -2.43. The first-order valence-corrected chi connectivity index (χ1v) is 22.4. The van der Waals surface area contributed by atoms with Gasteiger partial charge in [0.2, 0.25) is 0 Å². The van der Waals surface area contributed by atoms with Crippen LogP contribution in [-0.4, -0.2) is 9.49 Å². The van der Waals surface area contributed by atoms with E-state index in [4.69, 9.17) is 0 Å². The Morgan fingerprint density at radius 3 is 1.16 bits per heavy atom. The summed E-state index contributed by atoms with van der Waals surface area (Å²) in [5.74, 6) is 0. The number of rotatable bonds is 4. The van der Waals surface area contributed by atoms with Gasteiger partial charge in [0.25, 0.3) is 0 Å². The van der Waals surface area contributed by atoms with Gasteiger partial charge in [-0.2, -0.15) is 0 Å². The van der Waals surface area contributed by atoms with Gasteiger partial charge in [0.05, 0.1) is 5.41 Å². The Kier molecular flexibility index (Phi) is 7.49. The summed E-state index contributed by atoms with van der Waals surface area (Å²) in [4.78, 5) is 2.99. The smallest absolute Gasteiger partial charge is 0.0713 e. The van der Waals surface area contributed by atoms with Crippen LogP contribution in [0.4, 0.5) is 0 Å². The van der Waals surface area contributed by atoms with Crippen molar-refractivity contribution in [1.82, 2.24) is 0 Å². The SMILES string of the molecule is CC12CCCCC1(C)c1cc(-c3ccc4c(c3)C(c3ccccc3)(c3ccccc3)c3cc(-c5ccc6c(c5)C5(C)CCCCC5(C)S6)ccc3-4)ccc1S2. The van der Waals surface area contributed by atoms with E-state index in [2.05, 4.69) is 185 Å². The maximum absolute atomic E-state index is 2.57. The van der Waals surface area contributed by atoms with Gasteiger partial charge in [-0.15, -0.1) is 23.5 Å². The van der Waals surface area contributed by atoms with E-state index in [1.807, 2.05) is 0 Å². The molecular formula is C53H50S2. The third kappa shape index (κ3) is 4.62. The number of benzene rings is 6. The standard InChI is InChI=1S/C53H50S2/c1-49-27-11-13-29-51(49,3)54-47-25-21-37(33-45(47)49)35-19-23-41-42-24-20-36(38-22-26-48-46(34-38)50(2)28-12-14-30-52(50,4)55-48)32-44(42)53(43(41)31-35,39-15-7-5-8-16-39)40-17-9-6-10-18-40/h5-10,15-26,31-34H,11-14,27-30H2,1-4H3. The molecule has 274 valence electrons. The molecule has 0 spiro atoms. The van der Waals surface area contributed by atoms with Crippen LogP contribution in [0.2, 0.25) is 0 Å². The number of hydrogen-bond acceptors (Lipinski definition) is 2. The molecule has 4 unspecified atom stereocenters. The summed E-state index contributed by atoms with van der Waals surface area (Å²) >= 11 is 4.28. The molecule has 55 heavy (non-hydrogen) atoms. The minimum Gasteiger partial charge on any atom is -0.118 e. The first-order valence-electron chi connectivity index (χ1n) is 20.8. The normalized spacial score (nSPS) is 28.1. The summed E-state index contributed by atoms with van der Waals surface area (Å²) < 4.78 is 0.565. The molecule has 6 aromatic rings. The fraction of sp³-hybridized carbons (Fsp3) is 0.321. The maximum atomic E-state index is 2.57. The van der Waals surface area contributed by atoms with E-state index < -0.39 is 5.41 Å². The highest BCUT2D eigenvalue weighted by molar-refractivity contribution is 8.01. The highest BCUT2D eigenvalue weighted by Gasteiger charge is 2.55. The minimum atomic E-state index is -0.458. The Bertz CT molecular complexity index is 2340. The van der Waals surface area contributed by atoms with Crippen molar-refractivity contribution in [3.8, 4) is 33.4 Å². The molecule has 2 fully saturated rings. The summed E-state index contributed by atoms with van der Waals surface area (Å²) in [6.45, 7) is 10.2. The molecule has 4 atom stereocenters. The van der Waals surface area contributed by atoms with E-state index in [0.29, 0.717) is 0 Å². The van der Waals surface area contributed by atoms with Crippen molar-refractivity contribution in [2.75, 3.05) is 0 Å². The third-order valence-electron chi connectivity index (χ3n) is 15.5. The monoisotopic (exact) mass is 750 g/mol. The van der Waals surface area contributed by atoms with Crippen LogP contribution >= 0.6 is 23.5 Å². The van der Waals surface area contributed by atoms with E-state index in [0.717, 1.165) is 0 Å². The zero-order chi connectivity index (χ0) is 37.2. The van der Waals surface area contributed by atoms with Gasteiger partial charge in [-0.1, -0.05) is 137 Å². The molecule has 2 heterocycles. The second kappa shape index (κ2) is 12.0. The van der Waals surface area contributed by atoms with E-state index in [1.165, 1.54) is 117 Å². The molecule has 5 aliphatic rings. The molecule has 2 heteroatoms. The summed E-state index contributed by atoms with van der Waals surface area (Å²) in [7, 11) is 0. The largest absolute Gasteiger partial charge is 0.118 e. The van der Waals surface area contributed by atoms with Gasteiger partial charge in [0, 0.05) is 30.1 Å². The van der Waals surface area contributed by atoms with Gasteiger partial charge >= 0.3 is 0 Å². The van der Waals surface area contributed by atoms with Crippen molar-refractivity contribution in [3.05, 3.63) is 167 Å². The van der Waals surface area contributed by atoms with Crippen LogP contribution in [0.25, 0.3) is 33.4 Å². The van der Waals surface area contributed by atoms with Crippen molar-refractivity contribution < 1.29 is 0 Å². The molecule has 2 saturated carbocycles. The lowest BCUT2D eigenvalue weighted by Gasteiger charge is -2.45. The van der Waals surface area contributed by atoms with Crippen molar-refractivity contribution >= 4 is 23.5 Å². The Balaban J connectivity index is 1.10. The Hall–Kier alpha value is -3.98. The van der Waals surface area contributed by atoms with Crippen LogP contribution in [0.3, 0.4) is 0 Å². The van der Waals surface area contributed by atoms with Gasteiger partial charge in [-0.05, 0) is 143 Å². The average Bonchev–Trinajstić information content (AvgIpc) is 3.74. The first kappa shape index (κ1) is 34.3. The Labute approximate surface area is 336 Å². The average molecular weight is 751 g/mol. The maximum Gasteiger partial charge on any atom is 0.0713 e. The molecule has 2 aliphatic heterocycles. The van der Waals surface area contributed by atoms with Crippen molar-refractivity contribution in [3.63, 3.8) is 0 Å². The lowest BCUT2D eigenvalue weighted by atomic mass is 9.64. The first-order chi connectivity index (χ1) is 26.7. The predicted molar refractivity (Wildman–Crippen MR) is 235 cm³/mol. The summed E-state index contributed by atoms with van der Waals surface area (Å²) in [6.07, 6.45) is 10.5. The topological polar surface area (TPSA) is 0 Å². The quantitative estimate of drug-likeness (QED) is 0.176. The second-order valence-electron chi connectivity index (χ2n) is 18.2. The summed E-state index contributed by atoms with van der Waals surface area (Å²) in [5, 5.41) is 0. The van der Waals surface area contributed by atoms with Crippen molar-refractivity contribution in [2.45, 2.75) is 115 Å². The van der Waals surface area contributed by atoms with Gasteiger partial charge < -0.3 is 0 Å². The fourth-order valence-electron chi connectivity index (χ4n) is 11.9. The second-order valence-corrected chi connectivity index (χ2v) is 21.3. The molecule has 0 N–H and O–H groups in total. The molecule has 6 aromatic carbocycles. The molecule has 0 nitrogen and oxygen atoms in total. The predicted octanol–water partition coefficient (Wildman–Crippen LogP) is 14.8. The number of hydrogen-bond donors (Lipinski definition) is 0. The molecule has 11 rings (SSSR count). The fourth-order valence-corrected chi connectivity index (χ4v) is 15.3. The van der Waals surface area contributed by atoms with Crippen LogP contribution in [0.5, 0.6) is 0 Å². The molecular weight excluding hydrogens is 701 g/mol. The van der Waals surface area contributed by atoms with Crippen molar-refractivity contribution in [2.24, 2.45) is 0 Å². The van der Waals surface area contributed by atoms with E-state index >= 15 is 0 Å². The molecule has 0 amide bonds. The zero-order valence-corrected chi connectivity index (χ0v) is 34.3. The van der Waals surface area contributed by atoms with Crippen LogP contribution in [-0.2, 0) is 16.2 Å². The van der Waals surface area contributed by atoms with Gasteiger partial charge in [0.1, 0.15) is 0 Å². The highest BCUT2D eigenvalue weighted by atomic mass is 32.2. The van der Waals surface area contributed by atoms with Crippen LogP contribution < -0.4 is 0 Å². The Morgan fingerprint density at radius 2 is 0.745 bits per heavy atom.